The Morgan fingerprint density at radius 1 is 1.15 bits per heavy atom. The average Bonchev–Trinajstić information content (AvgIpc) is 2.03. The van der Waals surface area contributed by atoms with Crippen molar-refractivity contribution in [2.24, 2.45) is 0 Å². The van der Waals surface area contributed by atoms with Gasteiger partial charge in [0.1, 0.15) is 15.7 Å². The van der Waals surface area contributed by atoms with E-state index < -0.39 is 16.4 Å². The smallest absolute Gasteiger partial charge is 0.220 e. The van der Waals surface area contributed by atoms with Crippen molar-refractivity contribution < 1.29 is 13.9 Å². The van der Waals surface area contributed by atoms with E-state index in [1.54, 1.807) is 21.9 Å². The lowest BCUT2D eigenvalue weighted by atomic mass is 9.52. The molecule has 0 aromatic carbocycles. The molecule has 0 spiro atoms. The highest BCUT2D eigenvalue weighted by Gasteiger charge is 2.52. The van der Waals surface area contributed by atoms with Crippen LogP contribution >= 0.6 is 9.24 Å². The molecule has 0 rings (SSSR count). The maximum Gasteiger partial charge on any atom is 0.220 e. The molecular weight excluding hydrogens is 188 g/mol. The molecule has 0 heterocycles. The zero-order chi connectivity index (χ0) is 10.9. The van der Waals surface area contributed by atoms with Crippen LogP contribution in [-0.2, 0) is 9.47 Å². The minimum atomic E-state index is -1.79. The number of ether oxygens (including phenoxy) is 2. The van der Waals surface area contributed by atoms with Crippen LogP contribution in [0.1, 0.15) is 13.8 Å². The molecule has 0 N–H and O–H groups in total. The molecule has 4 atom stereocenters. The van der Waals surface area contributed by atoms with Gasteiger partial charge in [0.05, 0.1) is 0 Å². The minimum absolute atomic E-state index is 0.598. The average molecular weight is 206 g/mol. The molecule has 0 aromatic rings. The monoisotopic (exact) mass is 206 g/mol. The van der Waals surface area contributed by atoms with Crippen LogP contribution in [0.15, 0.2) is 0 Å². The highest BCUT2D eigenvalue weighted by molar-refractivity contribution is 7.18. The van der Waals surface area contributed by atoms with Crippen LogP contribution in [-0.4, -0.2) is 41.0 Å². The lowest BCUT2D eigenvalue weighted by molar-refractivity contribution is -0.118. The third-order valence-electron chi connectivity index (χ3n) is 3.16. The van der Waals surface area contributed by atoms with Gasteiger partial charge in [0.25, 0.3) is 0 Å². The summed E-state index contributed by atoms with van der Waals surface area (Å²) < 4.78 is 24.0. The van der Waals surface area contributed by atoms with Gasteiger partial charge >= 0.3 is 0 Å². The third-order valence-corrected chi connectivity index (χ3v) is 4.12. The second-order valence-electron chi connectivity index (χ2n) is 4.19. The maximum atomic E-state index is 13.9. The summed E-state index contributed by atoms with van der Waals surface area (Å²) in [7, 11) is 8.61. The Bertz CT molecular complexity index is 167. The van der Waals surface area contributed by atoms with Crippen molar-refractivity contribution in [3.63, 3.8) is 0 Å². The van der Waals surface area contributed by atoms with Crippen LogP contribution in [0.4, 0.5) is 4.39 Å². The summed E-state index contributed by atoms with van der Waals surface area (Å²) in [5, 5.41) is -0.756. The summed E-state index contributed by atoms with van der Waals surface area (Å²) in [6.07, 6.45) is 0. The fourth-order valence-corrected chi connectivity index (χ4v) is 1.27. The summed E-state index contributed by atoms with van der Waals surface area (Å²) in [6, 6.07) is 0. The zero-order valence-corrected chi connectivity index (χ0v) is 10.4. The molecule has 76 valence electrons. The maximum absolute atomic E-state index is 13.9. The van der Waals surface area contributed by atoms with Crippen LogP contribution in [0.25, 0.3) is 0 Å². The van der Waals surface area contributed by atoms with Gasteiger partial charge in [0.2, 0.25) is 5.60 Å². The lowest BCUT2D eigenvalue weighted by Gasteiger charge is -2.47. The van der Waals surface area contributed by atoms with E-state index in [0.29, 0.717) is 0 Å². The van der Waals surface area contributed by atoms with Crippen molar-refractivity contribution in [3.05, 3.63) is 0 Å². The van der Waals surface area contributed by atoms with Crippen LogP contribution in [0.5, 0.6) is 0 Å². The van der Waals surface area contributed by atoms with Gasteiger partial charge in [-0.05, 0) is 6.92 Å². The van der Waals surface area contributed by atoms with E-state index in [1.165, 1.54) is 7.11 Å². The topological polar surface area (TPSA) is 18.5 Å². The Balaban J connectivity index is 4.95. The first kappa shape index (κ1) is 13.4. The lowest BCUT2D eigenvalue weighted by Crippen LogP contribution is -2.51. The van der Waals surface area contributed by atoms with Crippen molar-refractivity contribution in [2.75, 3.05) is 14.2 Å². The number of halogens is 1. The molecule has 0 aromatic heterocycles. The first-order valence-electron chi connectivity index (χ1n) is 4.20. The molecule has 0 bridgehead atoms. The molecule has 0 fully saturated rings. The highest BCUT2D eigenvalue weighted by atomic mass is 31.0. The standard InChI is InChI=1S/C7H18B2FO2P/c1-5(8,6(2,9)11-3)7(10,13)12-4/h8-9,13H2,1-4H3. The van der Waals surface area contributed by atoms with E-state index in [9.17, 15) is 4.39 Å². The van der Waals surface area contributed by atoms with E-state index in [-0.39, 0.29) is 0 Å². The minimum Gasteiger partial charge on any atom is -0.388 e. The Morgan fingerprint density at radius 3 is 1.77 bits per heavy atom. The Kier molecular flexibility index (Phi) is 4.00. The predicted octanol–water partition coefficient (Wildman–Crippen LogP) is -0.0614. The van der Waals surface area contributed by atoms with Gasteiger partial charge in [-0.2, -0.15) is 0 Å². The SMILES string of the molecule is BC(C)(OC)C(B)(C)C(F)(P)OC. The normalized spacial score (nSPS) is 25.7. The van der Waals surface area contributed by atoms with Crippen LogP contribution in [0.3, 0.4) is 0 Å². The Morgan fingerprint density at radius 2 is 1.54 bits per heavy atom. The molecule has 0 aliphatic rings. The Hall–Kier alpha value is 0.410. The fourth-order valence-electron chi connectivity index (χ4n) is 0.921. The summed E-state index contributed by atoms with van der Waals surface area (Å²) in [5.41, 5.74) is -2.38. The number of alkyl halides is 1. The molecule has 0 aliphatic heterocycles. The molecular formula is C7H18B2FO2P. The van der Waals surface area contributed by atoms with Gasteiger partial charge in [0.15, 0.2) is 0 Å². The van der Waals surface area contributed by atoms with Crippen molar-refractivity contribution in [1.29, 1.82) is 0 Å². The molecule has 0 saturated carbocycles. The first-order valence-corrected chi connectivity index (χ1v) is 4.78. The summed E-state index contributed by atoms with van der Waals surface area (Å²) >= 11 is 0. The molecule has 0 amide bonds. The quantitative estimate of drug-likeness (QED) is 0.473. The van der Waals surface area contributed by atoms with E-state index in [2.05, 4.69) is 9.24 Å². The molecule has 4 unspecified atom stereocenters. The Labute approximate surface area is 84.0 Å². The van der Waals surface area contributed by atoms with Crippen LogP contribution < -0.4 is 0 Å². The highest BCUT2D eigenvalue weighted by Crippen LogP contribution is 2.51. The molecule has 13 heavy (non-hydrogen) atoms. The number of hydrogen-bond acceptors (Lipinski definition) is 2. The van der Waals surface area contributed by atoms with Gasteiger partial charge in [-0.25, -0.2) is 4.39 Å². The van der Waals surface area contributed by atoms with E-state index in [0.717, 1.165) is 0 Å². The molecule has 0 radical (unpaired) electrons. The van der Waals surface area contributed by atoms with Gasteiger partial charge in [0, 0.05) is 25.0 Å². The largest absolute Gasteiger partial charge is 0.388 e. The molecule has 6 heteroatoms. The summed E-state index contributed by atoms with van der Waals surface area (Å²) in [6.45, 7) is 3.61. The molecule has 0 saturated heterocycles. The van der Waals surface area contributed by atoms with Crippen molar-refractivity contribution in [3.8, 4) is 0 Å². The van der Waals surface area contributed by atoms with Crippen molar-refractivity contribution >= 4 is 24.9 Å². The molecule has 2 nitrogen and oxygen atoms in total. The van der Waals surface area contributed by atoms with Crippen LogP contribution in [0.2, 0.25) is 5.31 Å². The van der Waals surface area contributed by atoms with Gasteiger partial charge in [-0.3, -0.25) is 0 Å². The van der Waals surface area contributed by atoms with Crippen LogP contribution in [0, 0.1) is 0 Å². The zero-order valence-electron chi connectivity index (χ0n) is 9.27. The van der Waals surface area contributed by atoms with Gasteiger partial charge in [-0.15, -0.1) is 0 Å². The van der Waals surface area contributed by atoms with E-state index in [4.69, 9.17) is 9.47 Å². The predicted molar refractivity (Wildman–Crippen MR) is 61.4 cm³/mol. The van der Waals surface area contributed by atoms with Gasteiger partial charge < -0.3 is 9.47 Å². The van der Waals surface area contributed by atoms with Gasteiger partial charge in [-0.1, -0.05) is 16.2 Å². The molecule has 0 aliphatic carbocycles. The van der Waals surface area contributed by atoms with Crippen molar-refractivity contribution in [2.45, 2.75) is 30.3 Å². The van der Waals surface area contributed by atoms with Crippen molar-refractivity contribution in [1.82, 2.24) is 0 Å². The second kappa shape index (κ2) is 3.88. The second-order valence-corrected chi connectivity index (χ2v) is 4.93. The summed E-state index contributed by atoms with van der Waals surface area (Å²) in [4.78, 5) is 0. The number of rotatable bonds is 4. The number of hydrogen-bond donors (Lipinski definition) is 0. The summed E-state index contributed by atoms with van der Waals surface area (Å²) in [5.74, 6) is 0. The van der Waals surface area contributed by atoms with E-state index >= 15 is 0 Å². The first-order chi connectivity index (χ1) is 5.62. The third kappa shape index (κ3) is 2.26. The fraction of sp³-hybridized carbons (Fsp3) is 1.00. The van der Waals surface area contributed by atoms with E-state index in [1.807, 2.05) is 14.8 Å². The number of methoxy groups -OCH3 is 2.